The Morgan fingerprint density at radius 2 is 1.70 bits per heavy atom. The Morgan fingerprint density at radius 3 is 2.30 bits per heavy atom. The molecule has 0 aliphatic rings. The minimum Gasteiger partial charge on any atom is -0.451 e. The maximum Gasteiger partial charge on any atom is 0.331 e. The molecule has 7 heteroatoms. The van der Waals surface area contributed by atoms with E-state index in [1.165, 1.54) is 37.3 Å². The number of esters is 1. The number of ether oxygens (including phenoxy) is 1. The summed E-state index contributed by atoms with van der Waals surface area (Å²) < 4.78 is 29.8. The molecule has 0 saturated carbocycles. The van der Waals surface area contributed by atoms with E-state index < -0.39 is 22.1 Å². The van der Waals surface area contributed by atoms with Crippen molar-refractivity contribution >= 4 is 33.5 Å². The minimum atomic E-state index is -3.39. The lowest BCUT2D eigenvalue weighted by Crippen LogP contribution is -2.23. The molecule has 0 fully saturated rings. The molecule has 0 aromatic heterocycles. The number of Topliss-reactive ketones (excluding diaryl/α,β-unsaturated/α-hetero) is 1. The summed E-state index contributed by atoms with van der Waals surface area (Å²) >= 11 is 0. The van der Waals surface area contributed by atoms with Crippen molar-refractivity contribution in [1.29, 1.82) is 0 Å². The Kier molecular flexibility index (Phi) is 6.52. The van der Waals surface area contributed by atoms with Crippen LogP contribution in [0.5, 0.6) is 0 Å². The average Bonchev–Trinajstić information content (AvgIpc) is 2.59. The molecule has 2 aromatic rings. The summed E-state index contributed by atoms with van der Waals surface area (Å²) in [5, 5.41) is 0. The van der Waals surface area contributed by atoms with Crippen molar-refractivity contribution in [2.45, 2.75) is 20.0 Å². The second-order valence-corrected chi connectivity index (χ2v) is 7.83. The lowest BCUT2D eigenvalue weighted by atomic mass is 10.1. The van der Waals surface area contributed by atoms with Crippen LogP contribution in [-0.4, -0.2) is 32.5 Å². The van der Waals surface area contributed by atoms with Crippen LogP contribution >= 0.6 is 0 Å². The lowest BCUT2D eigenvalue weighted by Gasteiger charge is -2.11. The van der Waals surface area contributed by atoms with Gasteiger partial charge in [0, 0.05) is 17.3 Å². The topological polar surface area (TPSA) is 89.5 Å². The molecule has 0 aliphatic carbocycles. The van der Waals surface area contributed by atoms with E-state index in [4.69, 9.17) is 4.74 Å². The number of ketones is 1. The minimum absolute atomic E-state index is 0.317. The first kappa shape index (κ1) is 20.4. The highest BCUT2D eigenvalue weighted by molar-refractivity contribution is 7.92. The third-order valence-corrected chi connectivity index (χ3v) is 4.33. The Morgan fingerprint density at radius 1 is 1.07 bits per heavy atom. The number of carbonyl (C=O) groups is 2. The first-order valence-corrected chi connectivity index (χ1v) is 10.1. The quantitative estimate of drug-likeness (QED) is 0.448. The van der Waals surface area contributed by atoms with Crippen molar-refractivity contribution < 1.29 is 22.7 Å². The standard InChI is InChI=1S/C20H21NO5S/c1-14-6-4-5-7-16(14)10-13-19(22)26-15(2)20(23)17-8-11-18(12-9-17)21-27(3,24)25/h4-13,15,21H,1-3H3/b13-10+/t15-/m1/s1. The molecule has 2 aromatic carbocycles. The summed E-state index contributed by atoms with van der Waals surface area (Å²) in [6, 6.07) is 13.5. The highest BCUT2D eigenvalue weighted by Gasteiger charge is 2.18. The number of nitrogens with one attached hydrogen (secondary N) is 1. The first-order chi connectivity index (χ1) is 12.7. The van der Waals surface area contributed by atoms with E-state index in [0.717, 1.165) is 17.4 Å². The number of aryl methyl sites for hydroxylation is 1. The van der Waals surface area contributed by atoms with Gasteiger partial charge in [-0.15, -0.1) is 0 Å². The fourth-order valence-corrected chi connectivity index (χ4v) is 2.91. The Balaban J connectivity index is 1.98. The van der Waals surface area contributed by atoms with Crippen LogP contribution in [0.1, 0.15) is 28.4 Å². The van der Waals surface area contributed by atoms with Gasteiger partial charge in [-0.05, 0) is 55.3 Å². The van der Waals surface area contributed by atoms with Gasteiger partial charge in [0.15, 0.2) is 6.10 Å². The number of anilines is 1. The second kappa shape index (κ2) is 8.64. The summed E-state index contributed by atoms with van der Waals surface area (Å²) in [6.45, 7) is 3.42. The number of benzene rings is 2. The molecule has 1 N–H and O–H groups in total. The van der Waals surface area contributed by atoms with Crippen molar-refractivity contribution in [2.24, 2.45) is 0 Å². The lowest BCUT2D eigenvalue weighted by molar-refractivity contribution is -0.140. The molecule has 0 amide bonds. The predicted octanol–water partition coefficient (Wildman–Crippen LogP) is 3.19. The molecule has 0 saturated heterocycles. The molecular formula is C20H21NO5S. The Labute approximate surface area is 158 Å². The number of hydrogen-bond acceptors (Lipinski definition) is 5. The van der Waals surface area contributed by atoms with Gasteiger partial charge >= 0.3 is 5.97 Å². The van der Waals surface area contributed by atoms with E-state index in [9.17, 15) is 18.0 Å². The highest BCUT2D eigenvalue weighted by Crippen LogP contribution is 2.14. The number of rotatable bonds is 7. The van der Waals surface area contributed by atoms with Crippen LogP contribution in [0.2, 0.25) is 0 Å². The zero-order chi connectivity index (χ0) is 20.0. The molecular weight excluding hydrogens is 366 g/mol. The molecule has 0 heterocycles. The molecule has 27 heavy (non-hydrogen) atoms. The van der Waals surface area contributed by atoms with Crippen molar-refractivity contribution in [2.75, 3.05) is 11.0 Å². The molecule has 0 aliphatic heterocycles. The van der Waals surface area contributed by atoms with Crippen LogP contribution in [0, 0.1) is 6.92 Å². The summed E-state index contributed by atoms with van der Waals surface area (Å²) in [5.41, 5.74) is 2.58. The van der Waals surface area contributed by atoms with Gasteiger partial charge in [-0.1, -0.05) is 24.3 Å². The van der Waals surface area contributed by atoms with Gasteiger partial charge in [0.25, 0.3) is 0 Å². The fourth-order valence-electron chi connectivity index (χ4n) is 2.35. The third-order valence-electron chi connectivity index (χ3n) is 3.72. The maximum absolute atomic E-state index is 12.4. The monoisotopic (exact) mass is 387 g/mol. The van der Waals surface area contributed by atoms with Gasteiger partial charge in [0.2, 0.25) is 15.8 Å². The van der Waals surface area contributed by atoms with Crippen molar-refractivity contribution in [1.82, 2.24) is 0 Å². The van der Waals surface area contributed by atoms with Gasteiger partial charge in [0.05, 0.1) is 6.26 Å². The summed E-state index contributed by atoms with van der Waals surface area (Å²) in [6.07, 6.45) is 3.00. The molecule has 1 atom stereocenters. The van der Waals surface area contributed by atoms with Gasteiger partial charge in [0.1, 0.15) is 0 Å². The molecule has 0 spiro atoms. The molecule has 0 unspecified atom stereocenters. The normalized spacial score (nSPS) is 12.6. The number of carbonyl (C=O) groups excluding carboxylic acids is 2. The summed E-state index contributed by atoms with van der Waals surface area (Å²) in [4.78, 5) is 24.3. The number of sulfonamides is 1. The van der Waals surface area contributed by atoms with Crippen LogP contribution in [0.4, 0.5) is 5.69 Å². The average molecular weight is 387 g/mol. The van der Waals surface area contributed by atoms with E-state index in [2.05, 4.69) is 4.72 Å². The predicted molar refractivity (Wildman–Crippen MR) is 105 cm³/mol. The molecule has 2 rings (SSSR count). The molecule has 0 bridgehead atoms. The van der Waals surface area contributed by atoms with Gasteiger partial charge in [-0.25, -0.2) is 13.2 Å². The first-order valence-electron chi connectivity index (χ1n) is 8.22. The largest absolute Gasteiger partial charge is 0.451 e. The van der Waals surface area contributed by atoms with E-state index >= 15 is 0 Å². The smallest absolute Gasteiger partial charge is 0.331 e. The third kappa shape index (κ3) is 6.38. The van der Waals surface area contributed by atoms with Gasteiger partial charge in [-0.2, -0.15) is 0 Å². The zero-order valence-electron chi connectivity index (χ0n) is 15.3. The van der Waals surface area contributed by atoms with Crippen molar-refractivity contribution in [3.8, 4) is 0 Å². The highest BCUT2D eigenvalue weighted by atomic mass is 32.2. The van der Waals surface area contributed by atoms with Crippen LogP contribution < -0.4 is 4.72 Å². The van der Waals surface area contributed by atoms with Crippen LogP contribution in [-0.2, 0) is 19.6 Å². The van der Waals surface area contributed by atoms with Crippen molar-refractivity contribution in [3.05, 3.63) is 71.3 Å². The molecule has 142 valence electrons. The van der Waals surface area contributed by atoms with Gasteiger partial charge in [-0.3, -0.25) is 9.52 Å². The van der Waals surface area contributed by atoms with E-state index in [1.807, 2.05) is 31.2 Å². The van der Waals surface area contributed by atoms with Crippen molar-refractivity contribution in [3.63, 3.8) is 0 Å². The molecule has 0 radical (unpaired) electrons. The molecule has 6 nitrogen and oxygen atoms in total. The Hall–Kier alpha value is -2.93. The summed E-state index contributed by atoms with van der Waals surface area (Å²) in [5.74, 6) is -0.993. The zero-order valence-corrected chi connectivity index (χ0v) is 16.1. The second-order valence-electron chi connectivity index (χ2n) is 6.08. The fraction of sp³-hybridized carbons (Fsp3) is 0.200. The van der Waals surface area contributed by atoms with Gasteiger partial charge < -0.3 is 4.74 Å². The van der Waals surface area contributed by atoms with E-state index in [0.29, 0.717) is 11.3 Å². The van der Waals surface area contributed by atoms with Crippen LogP contribution in [0.15, 0.2) is 54.6 Å². The number of hydrogen-bond donors (Lipinski definition) is 1. The van der Waals surface area contributed by atoms with E-state index in [1.54, 1.807) is 6.08 Å². The van der Waals surface area contributed by atoms with Crippen LogP contribution in [0.3, 0.4) is 0 Å². The van der Waals surface area contributed by atoms with Crippen LogP contribution in [0.25, 0.3) is 6.08 Å². The Bertz CT molecular complexity index is 962. The summed E-state index contributed by atoms with van der Waals surface area (Å²) in [7, 11) is -3.39. The van der Waals surface area contributed by atoms with E-state index in [-0.39, 0.29) is 5.78 Å². The maximum atomic E-state index is 12.4. The SMILES string of the molecule is Cc1ccccc1/C=C/C(=O)O[C@H](C)C(=O)c1ccc(NS(C)(=O)=O)cc1.